The average Bonchev–Trinajstić information content (AvgIpc) is 2.18. The van der Waals surface area contributed by atoms with Crippen LogP contribution in [0.15, 0.2) is 22.7 Å². The highest BCUT2D eigenvalue weighted by Crippen LogP contribution is 2.19. The van der Waals surface area contributed by atoms with Gasteiger partial charge in [-0.15, -0.1) is 10.2 Å². The molecule has 5 nitrogen and oxygen atoms in total. The monoisotopic (exact) mass is 267 g/mol. The molecule has 6 heteroatoms. The number of carboxylic acid groups (broad SMARTS) is 1. The third kappa shape index (κ3) is 2.10. The fourth-order valence-corrected chi connectivity index (χ4v) is 1.61. The average molecular weight is 268 g/mol. The molecule has 0 aliphatic heterocycles. The Hall–Kier alpha value is -1.56. The summed E-state index contributed by atoms with van der Waals surface area (Å²) in [5.41, 5.74) is 1.27. The van der Waals surface area contributed by atoms with E-state index in [2.05, 4.69) is 31.1 Å². The summed E-state index contributed by atoms with van der Waals surface area (Å²) in [5.74, 6) is -0.759. The number of benzene rings is 1. The Morgan fingerprint density at radius 3 is 2.93 bits per heavy atom. The number of hydrogen-bond acceptors (Lipinski definition) is 4. The van der Waals surface area contributed by atoms with Crippen molar-refractivity contribution >= 4 is 32.9 Å². The van der Waals surface area contributed by atoms with Gasteiger partial charge in [-0.05, 0) is 28.1 Å². The highest BCUT2D eigenvalue weighted by Gasteiger charge is 2.07. The first-order valence-electron chi connectivity index (χ1n) is 4.16. The second kappa shape index (κ2) is 3.90. The summed E-state index contributed by atoms with van der Waals surface area (Å²) in [7, 11) is 0. The van der Waals surface area contributed by atoms with Gasteiger partial charge in [0.2, 0.25) is 0 Å². The predicted molar refractivity (Wildman–Crippen MR) is 56.4 cm³/mol. The fourth-order valence-electron chi connectivity index (χ4n) is 1.17. The summed E-state index contributed by atoms with van der Waals surface area (Å²) in [6.45, 7) is 0. The first-order valence-corrected chi connectivity index (χ1v) is 4.96. The molecule has 0 radical (unpaired) electrons. The number of fused-ring (bicyclic) bond motifs is 1. The van der Waals surface area contributed by atoms with Crippen molar-refractivity contribution in [2.75, 3.05) is 0 Å². The van der Waals surface area contributed by atoms with Gasteiger partial charge >= 0.3 is 5.97 Å². The van der Waals surface area contributed by atoms with Gasteiger partial charge in [-0.3, -0.25) is 4.79 Å². The number of halogens is 1. The second-order valence-electron chi connectivity index (χ2n) is 2.91. The van der Waals surface area contributed by atoms with Gasteiger partial charge in [0.05, 0.1) is 0 Å². The largest absolute Gasteiger partial charge is 0.481 e. The summed E-state index contributed by atoms with van der Waals surface area (Å²) in [5, 5.41) is 16.2. The van der Waals surface area contributed by atoms with Crippen LogP contribution in [0.3, 0.4) is 0 Å². The van der Waals surface area contributed by atoms with Crippen LogP contribution >= 0.6 is 15.9 Å². The van der Waals surface area contributed by atoms with E-state index >= 15 is 0 Å². The molecule has 0 amide bonds. The zero-order valence-electron chi connectivity index (χ0n) is 7.51. The molecule has 0 spiro atoms. The Balaban J connectivity index is 2.54. The minimum Gasteiger partial charge on any atom is -0.481 e. The van der Waals surface area contributed by atoms with Crippen LogP contribution < -0.4 is 0 Å². The van der Waals surface area contributed by atoms with Crippen molar-refractivity contribution in [2.45, 2.75) is 6.42 Å². The van der Waals surface area contributed by atoms with Crippen LogP contribution in [0.25, 0.3) is 11.0 Å². The maximum Gasteiger partial charge on any atom is 0.311 e. The third-order valence-electron chi connectivity index (χ3n) is 1.79. The molecule has 1 aromatic carbocycles. The van der Waals surface area contributed by atoms with E-state index in [4.69, 9.17) is 5.11 Å². The Kier molecular flexibility index (Phi) is 2.59. The van der Waals surface area contributed by atoms with Gasteiger partial charge in [-0.1, -0.05) is 6.07 Å². The highest BCUT2D eigenvalue weighted by molar-refractivity contribution is 9.10. The molecule has 15 heavy (non-hydrogen) atoms. The number of rotatable bonds is 2. The van der Waals surface area contributed by atoms with Crippen LogP contribution in [0.4, 0.5) is 0 Å². The summed E-state index contributed by atoms with van der Waals surface area (Å²) >= 11 is 3.32. The molecular formula is C9H6BrN3O2. The Morgan fingerprint density at radius 2 is 2.20 bits per heavy atom. The lowest BCUT2D eigenvalue weighted by molar-refractivity contribution is -0.136. The molecule has 0 fully saturated rings. The number of para-hydroxylation sites is 1. The molecule has 2 aromatic rings. The third-order valence-corrected chi connectivity index (χ3v) is 2.43. The van der Waals surface area contributed by atoms with Crippen molar-refractivity contribution in [1.82, 2.24) is 15.2 Å². The molecular weight excluding hydrogens is 262 g/mol. The SMILES string of the molecule is O=C(O)Cc1nnc2cccc(Br)c2n1. The fraction of sp³-hybridized carbons (Fsp3) is 0.111. The molecule has 0 bridgehead atoms. The van der Waals surface area contributed by atoms with E-state index in [0.29, 0.717) is 11.0 Å². The molecule has 76 valence electrons. The number of hydrogen-bond donors (Lipinski definition) is 1. The number of carboxylic acids is 1. The standard InChI is InChI=1S/C9H6BrN3O2/c10-5-2-1-3-6-9(5)11-7(13-12-6)4-8(14)15/h1-3H,4H2,(H,14,15). The number of aromatic nitrogens is 3. The minimum absolute atomic E-state index is 0.210. The first kappa shape index (κ1) is 9.97. The van der Waals surface area contributed by atoms with Gasteiger partial charge in [0.15, 0.2) is 5.82 Å². The Bertz CT molecular complexity index is 530. The van der Waals surface area contributed by atoms with Crippen LogP contribution in [-0.4, -0.2) is 26.3 Å². The van der Waals surface area contributed by atoms with Crippen LogP contribution in [0, 0.1) is 0 Å². The lowest BCUT2D eigenvalue weighted by Gasteiger charge is -1.99. The van der Waals surface area contributed by atoms with Crippen LogP contribution in [-0.2, 0) is 11.2 Å². The van der Waals surface area contributed by atoms with Crippen LogP contribution in [0.2, 0.25) is 0 Å². The van der Waals surface area contributed by atoms with E-state index in [1.54, 1.807) is 6.07 Å². The number of carbonyl (C=O) groups is 1. The maximum atomic E-state index is 10.5. The molecule has 1 N–H and O–H groups in total. The lowest BCUT2D eigenvalue weighted by Crippen LogP contribution is -2.06. The smallest absolute Gasteiger partial charge is 0.311 e. The van der Waals surface area contributed by atoms with E-state index in [0.717, 1.165) is 4.47 Å². The van der Waals surface area contributed by atoms with E-state index in [1.165, 1.54) is 0 Å². The molecule has 2 rings (SSSR count). The Morgan fingerprint density at radius 1 is 1.40 bits per heavy atom. The highest BCUT2D eigenvalue weighted by atomic mass is 79.9. The van der Waals surface area contributed by atoms with Crippen molar-refractivity contribution in [3.05, 3.63) is 28.5 Å². The first-order chi connectivity index (χ1) is 7.16. The van der Waals surface area contributed by atoms with Crippen molar-refractivity contribution < 1.29 is 9.90 Å². The van der Waals surface area contributed by atoms with Gasteiger partial charge in [-0.25, -0.2) is 4.98 Å². The molecule has 0 aliphatic rings. The van der Waals surface area contributed by atoms with Crippen molar-refractivity contribution in [1.29, 1.82) is 0 Å². The molecule has 0 saturated carbocycles. The van der Waals surface area contributed by atoms with Gasteiger partial charge in [0, 0.05) is 4.47 Å². The molecule has 0 unspecified atom stereocenters. The van der Waals surface area contributed by atoms with Gasteiger partial charge < -0.3 is 5.11 Å². The molecule has 1 aromatic heterocycles. The summed E-state index contributed by atoms with van der Waals surface area (Å²) < 4.78 is 0.779. The summed E-state index contributed by atoms with van der Waals surface area (Å²) in [4.78, 5) is 14.6. The van der Waals surface area contributed by atoms with Gasteiger partial charge in [-0.2, -0.15) is 0 Å². The van der Waals surface area contributed by atoms with Crippen LogP contribution in [0.5, 0.6) is 0 Å². The van der Waals surface area contributed by atoms with E-state index in [1.807, 2.05) is 12.1 Å². The predicted octanol–water partition coefficient (Wildman–Crippen LogP) is 1.41. The summed E-state index contributed by atoms with van der Waals surface area (Å²) in [6, 6.07) is 5.41. The number of nitrogens with zero attached hydrogens (tertiary/aromatic N) is 3. The van der Waals surface area contributed by atoms with E-state index < -0.39 is 5.97 Å². The normalized spacial score (nSPS) is 10.5. The molecule has 1 heterocycles. The van der Waals surface area contributed by atoms with Crippen molar-refractivity contribution in [3.63, 3.8) is 0 Å². The van der Waals surface area contributed by atoms with Crippen molar-refractivity contribution in [3.8, 4) is 0 Å². The molecule has 0 saturated heterocycles. The zero-order chi connectivity index (χ0) is 10.8. The lowest BCUT2D eigenvalue weighted by atomic mass is 10.3. The van der Waals surface area contributed by atoms with Gasteiger partial charge in [0.1, 0.15) is 17.5 Å². The molecule has 0 atom stereocenters. The van der Waals surface area contributed by atoms with E-state index in [9.17, 15) is 4.79 Å². The van der Waals surface area contributed by atoms with Crippen LogP contribution in [0.1, 0.15) is 5.82 Å². The zero-order valence-corrected chi connectivity index (χ0v) is 9.10. The number of aliphatic carboxylic acids is 1. The summed E-state index contributed by atoms with van der Waals surface area (Å²) in [6.07, 6.45) is -0.218. The second-order valence-corrected chi connectivity index (χ2v) is 3.76. The van der Waals surface area contributed by atoms with E-state index in [-0.39, 0.29) is 12.2 Å². The van der Waals surface area contributed by atoms with Crippen molar-refractivity contribution in [2.24, 2.45) is 0 Å². The Labute approximate surface area is 93.3 Å². The minimum atomic E-state index is -0.969. The topological polar surface area (TPSA) is 76.0 Å². The molecule has 0 aliphatic carbocycles. The van der Waals surface area contributed by atoms with Gasteiger partial charge in [0.25, 0.3) is 0 Å². The maximum absolute atomic E-state index is 10.5. The quantitative estimate of drug-likeness (QED) is 0.891.